The molecule has 1 unspecified atom stereocenters. The van der Waals surface area contributed by atoms with Crippen molar-refractivity contribution in [3.63, 3.8) is 0 Å². The molecule has 0 bridgehead atoms. The Morgan fingerprint density at radius 3 is 2.22 bits per heavy atom. The highest BCUT2D eigenvalue weighted by atomic mass is 16.5. The predicted molar refractivity (Wildman–Crippen MR) is 105 cm³/mol. The summed E-state index contributed by atoms with van der Waals surface area (Å²) in [7, 11) is 0. The van der Waals surface area contributed by atoms with Crippen molar-refractivity contribution in [2.24, 2.45) is 0 Å². The van der Waals surface area contributed by atoms with Gasteiger partial charge in [0.2, 0.25) is 5.91 Å². The summed E-state index contributed by atoms with van der Waals surface area (Å²) in [4.78, 5) is 24.2. The van der Waals surface area contributed by atoms with E-state index in [1.54, 1.807) is 37.3 Å². The molecule has 2 N–H and O–H groups in total. The smallest absolute Gasteiger partial charge is 0.265 e. The van der Waals surface area contributed by atoms with Crippen molar-refractivity contribution in [2.75, 3.05) is 10.6 Å². The molecular weight excluding hydrogens is 342 g/mol. The van der Waals surface area contributed by atoms with Crippen LogP contribution >= 0.6 is 0 Å². The topological polar surface area (TPSA) is 91.2 Å². The minimum absolute atomic E-state index is 0.256. The second-order valence-electron chi connectivity index (χ2n) is 6.37. The number of carbonyl (C=O) groups excluding carboxylic acids is 2. The molecule has 0 aliphatic carbocycles. The average Bonchev–Trinajstić information content (AvgIpc) is 2.63. The van der Waals surface area contributed by atoms with Gasteiger partial charge in [-0.2, -0.15) is 5.26 Å². The van der Waals surface area contributed by atoms with Gasteiger partial charge in [0.15, 0.2) is 6.10 Å². The number of amides is 2. The van der Waals surface area contributed by atoms with Crippen LogP contribution in [0.2, 0.25) is 0 Å². The molecule has 2 rings (SSSR count). The fourth-order valence-corrected chi connectivity index (χ4v) is 2.51. The standard InChI is InChI=1S/C21H23N3O3/c1-14(2)16-8-4-7-11-19(16)27-15(3)21(26)24-18-10-6-5-9-17(18)23-20(25)12-13-22/h4-11,14-15H,12H2,1-3H3,(H,23,25)(H,24,26). The first-order valence-corrected chi connectivity index (χ1v) is 8.74. The molecule has 0 radical (unpaired) electrons. The number of para-hydroxylation sites is 3. The molecule has 0 heterocycles. The van der Waals surface area contributed by atoms with Crippen molar-refractivity contribution in [3.05, 3.63) is 54.1 Å². The van der Waals surface area contributed by atoms with Crippen LogP contribution in [0.1, 0.15) is 38.7 Å². The van der Waals surface area contributed by atoms with Gasteiger partial charge in [0.25, 0.3) is 5.91 Å². The Morgan fingerprint density at radius 2 is 1.59 bits per heavy atom. The Balaban J connectivity index is 2.09. The van der Waals surface area contributed by atoms with Crippen LogP contribution in [0.3, 0.4) is 0 Å². The molecule has 0 saturated heterocycles. The zero-order valence-corrected chi connectivity index (χ0v) is 15.7. The number of ether oxygens (including phenoxy) is 1. The fourth-order valence-electron chi connectivity index (χ4n) is 2.51. The van der Waals surface area contributed by atoms with Crippen molar-refractivity contribution >= 4 is 23.2 Å². The third-order valence-corrected chi connectivity index (χ3v) is 3.91. The molecular formula is C21H23N3O3. The van der Waals surface area contributed by atoms with Gasteiger partial charge in [-0.1, -0.05) is 44.2 Å². The molecule has 0 aromatic heterocycles. The van der Waals surface area contributed by atoms with Crippen molar-refractivity contribution in [2.45, 2.75) is 39.2 Å². The van der Waals surface area contributed by atoms with Crippen LogP contribution in [0.5, 0.6) is 5.75 Å². The molecule has 0 aliphatic rings. The maximum absolute atomic E-state index is 12.6. The van der Waals surface area contributed by atoms with Crippen molar-refractivity contribution < 1.29 is 14.3 Å². The summed E-state index contributed by atoms with van der Waals surface area (Å²) in [5.74, 6) is 0.170. The molecule has 6 nitrogen and oxygen atoms in total. The van der Waals surface area contributed by atoms with E-state index in [1.807, 2.05) is 24.3 Å². The molecule has 2 aromatic rings. The van der Waals surface area contributed by atoms with Gasteiger partial charge in [-0.25, -0.2) is 0 Å². The van der Waals surface area contributed by atoms with E-state index in [9.17, 15) is 9.59 Å². The van der Waals surface area contributed by atoms with Crippen molar-refractivity contribution in [3.8, 4) is 11.8 Å². The van der Waals surface area contributed by atoms with Crippen LogP contribution in [0.25, 0.3) is 0 Å². The molecule has 2 aromatic carbocycles. The average molecular weight is 365 g/mol. The Hall–Kier alpha value is -3.33. The molecule has 140 valence electrons. The lowest BCUT2D eigenvalue weighted by Gasteiger charge is -2.19. The fraction of sp³-hybridized carbons (Fsp3) is 0.286. The quantitative estimate of drug-likeness (QED) is 0.774. The number of nitrogens with zero attached hydrogens (tertiary/aromatic N) is 1. The summed E-state index contributed by atoms with van der Waals surface area (Å²) in [6.45, 7) is 5.80. The Bertz CT molecular complexity index is 856. The first kappa shape index (κ1) is 20.0. The van der Waals surface area contributed by atoms with E-state index >= 15 is 0 Å². The van der Waals surface area contributed by atoms with E-state index < -0.39 is 12.0 Å². The highest BCUT2D eigenvalue weighted by molar-refractivity contribution is 6.01. The van der Waals surface area contributed by atoms with Crippen LogP contribution < -0.4 is 15.4 Å². The zero-order chi connectivity index (χ0) is 19.8. The summed E-state index contributed by atoms with van der Waals surface area (Å²) >= 11 is 0. The van der Waals surface area contributed by atoms with E-state index in [2.05, 4.69) is 24.5 Å². The van der Waals surface area contributed by atoms with Crippen LogP contribution in [0.4, 0.5) is 11.4 Å². The number of hydrogen-bond donors (Lipinski definition) is 2. The SMILES string of the molecule is CC(Oc1ccccc1C(C)C)C(=O)Nc1ccccc1NC(=O)CC#N. The van der Waals surface area contributed by atoms with E-state index in [-0.39, 0.29) is 18.2 Å². The summed E-state index contributed by atoms with van der Waals surface area (Å²) < 4.78 is 5.86. The van der Waals surface area contributed by atoms with Gasteiger partial charge in [-0.05, 0) is 36.6 Å². The summed E-state index contributed by atoms with van der Waals surface area (Å²) in [5.41, 5.74) is 1.91. The number of nitriles is 1. The number of benzene rings is 2. The molecule has 2 amide bonds. The van der Waals surface area contributed by atoms with E-state index in [1.165, 1.54) is 0 Å². The molecule has 1 atom stereocenters. The van der Waals surface area contributed by atoms with Crippen molar-refractivity contribution in [1.82, 2.24) is 0 Å². The van der Waals surface area contributed by atoms with Crippen LogP contribution in [-0.2, 0) is 9.59 Å². The molecule has 0 fully saturated rings. The molecule has 0 spiro atoms. The Kier molecular flexibility index (Phi) is 6.95. The van der Waals surface area contributed by atoms with E-state index in [4.69, 9.17) is 10.00 Å². The molecule has 0 aliphatic heterocycles. The van der Waals surface area contributed by atoms with E-state index in [0.717, 1.165) is 5.56 Å². The predicted octanol–water partition coefficient (Wildman–Crippen LogP) is 4.07. The normalized spacial score (nSPS) is 11.4. The summed E-state index contributed by atoms with van der Waals surface area (Å²) in [5, 5.41) is 14.0. The van der Waals surface area contributed by atoms with Gasteiger partial charge in [0.1, 0.15) is 12.2 Å². The Morgan fingerprint density at radius 1 is 1.00 bits per heavy atom. The molecule has 6 heteroatoms. The second-order valence-corrected chi connectivity index (χ2v) is 6.37. The zero-order valence-electron chi connectivity index (χ0n) is 15.7. The minimum Gasteiger partial charge on any atom is -0.481 e. The summed E-state index contributed by atoms with van der Waals surface area (Å²) in [6, 6.07) is 16.2. The first-order chi connectivity index (χ1) is 12.9. The molecule has 0 saturated carbocycles. The lowest BCUT2D eigenvalue weighted by molar-refractivity contribution is -0.122. The number of nitrogens with one attached hydrogen (secondary N) is 2. The van der Waals surface area contributed by atoms with Gasteiger partial charge in [-0.15, -0.1) is 0 Å². The van der Waals surface area contributed by atoms with Gasteiger partial charge < -0.3 is 15.4 Å². The number of carbonyl (C=O) groups is 2. The van der Waals surface area contributed by atoms with Gasteiger partial charge >= 0.3 is 0 Å². The maximum Gasteiger partial charge on any atom is 0.265 e. The minimum atomic E-state index is -0.729. The van der Waals surface area contributed by atoms with Gasteiger partial charge in [-0.3, -0.25) is 9.59 Å². The highest BCUT2D eigenvalue weighted by Crippen LogP contribution is 2.27. The van der Waals surface area contributed by atoms with Gasteiger partial charge in [0, 0.05) is 0 Å². The number of anilines is 2. The number of rotatable bonds is 7. The largest absolute Gasteiger partial charge is 0.481 e. The third-order valence-electron chi connectivity index (χ3n) is 3.91. The van der Waals surface area contributed by atoms with Gasteiger partial charge in [0.05, 0.1) is 17.4 Å². The van der Waals surface area contributed by atoms with Crippen LogP contribution in [0.15, 0.2) is 48.5 Å². The maximum atomic E-state index is 12.6. The third kappa shape index (κ3) is 5.58. The van der Waals surface area contributed by atoms with Crippen LogP contribution in [0, 0.1) is 11.3 Å². The molecule has 27 heavy (non-hydrogen) atoms. The van der Waals surface area contributed by atoms with Crippen molar-refractivity contribution in [1.29, 1.82) is 5.26 Å². The Labute approximate surface area is 159 Å². The summed E-state index contributed by atoms with van der Waals surface area (Å²) in [6.07, 6.45) is -0.985. The highest BCUT2D eigenvalue weighted by Gasteiger charge is 2.18. The lowest BCUT2D eigenvalue weighted by Crippen LogP contribution is -2.31. The monoisotopic (exact) mass is 365 g/mol. The van der Waals surface area contributed by atoms with Crippen LogP contribution in [-0.4, -0.2) is 17.9 Å². The van der Waals surface area contributed by atoms with E-state index in [0.29, 0.717) is 17.1 Å². The second kappa shape index (κ2) is 9.39. The lowest BCUT2D eigenvalue weighted by atomic mass is 10.0. The number of hydrogen-bond acceptors (Lipinski definition) is 4. The first-order valence-electron chi connectivity index (χ1n) is 8.74.